The number of amides is 2. The highest BCUT2D eigenvalue weighted by Gasteiger charge is 2.29. The van der Waals surface area contributed by atoms with E-state index in [9.17, 15) is 14.4 Å². The number of likely N-dealkylation sites (tertiary alicyclic amines) is 1. The molecule has 0 radical (unpaired) electrons. The topological polar surface area (TPSA) is 107 Å². The molecule has 2 atom stereocenters. The largest absolute Gasteiger partial charge is 0.354 e. The van der Waals surface area contributed by atoms with Gasteiger partial charge < -0.3 is 15.5 Å². The number of H-pyrrole nitrogens is 1. The summed E-state index contributed by atoms with van der Waals surface area (Å²) < 4.78 is 0. The van der Waals surface area contributed by atoms with Crippen LogP contribution >= 0.6 is 0 Å². The average Bonchev–Trinajstić information content (AvgIpc) is 3.26. The third kappa shape index (κ3) is 4.43. The van der Waals surface area contributed by atoms with E-state index >= 15 is 0 Å². The molecule has 0 bridgehead atoms. The fraction of sp³-hybridized carbons (Fsp3) is 0.700. The van der Waals surface area contributed by atoms with Crippen molar-refractivity contribution in [3.63, 3.8) is 0 Å². The van der Waals surface area contributed by atoms with E-state index < -0.39 is 5.56 Å². The van der Waals surface area contributed by atoms with Gasteiger partial charge in [0.15, 0.2) is 0 Å². The summed E-state index contributed by atoms with van der Waals surface area (Å²) in [5.41, 5.74) is 1.34. The van der Waals surface area contributed by atoms with E-state index in [1.165, 1.54) is 0 Å². The molecule has 0 spiro atoms. The van der Waals surface area contributed by atoms with Crippen LogP contribution < -0.4 is 16.2 Å². The number of carbonyl (C=O) groups is 2. The summed E-state index contributed by atoms with van der Waals surface area (Å²) >= 11 is 0. The second-order valence-electron chi connectivity index (χ2n) is 7.71. The van der Waals surface area contributed by atoms with Crippen LogP contribution in [0.1, 0.15) is 61.1 Å². The molecule has 0 saturated carbocycles. The van der Waals surface area contributed by atoms with E-state index in [0.717, 1.165) is 43.5 Å². The first-order chi connectivity index (χ1) is 13.5. The highest BCUT2D eigenvalue weighted by molar-refractivity contribution is 5.95. The standard InChI is InChI=1S/C20H31N5O3/c1-3-14-15(4-2)23-24-19(27)17(14)20(28)25-10-6-7-13(12-25)11-22-18(26)16-8-5-9-21-16/h13,16,21H,3-12H2,1-2H3,(H,22,26)(H,24,27). The van der Waals surface area contributed by atoms with Gasteiger partial charge >= 0.3 is 0 Å². The minimum atomic E-state index is -0.415. The van der Waals surface area contributed by atoms with Gasteiger partial charge in [0.05, 0.1) is 11.7 Å². The van der Waals surface area contributed by atoms with Crippen LogP contribution in [-0.4, -0.2) is 59.1 Å². The van der Waals surface area contributed by atoms with Crippen molar-refractivity contribution in [2.75, 3.05) is 26.2 Å². The van der Waals surface area contributed by atoms with Gasteiger partial charge in [-0.2, -0.15) is 5.10 Å². The quantitative estimate of drug-likeness (QED) is 0.661. The molecular weight excluding hydrogens is 358 g/mol. The predicted octanol–water partition coefficient (Wildman–Crippen LogP) is 0.615. The molecule has 0 aromatic carbocycles. The maximum absolute atomic E-state index is 13.1. The third-order valence-corrected chi connectivity index (χ3v) is 5.82. The molecule has 2 fully saturated rings. The molecule has 1 aromatic heterocycles. The minimum Gasteiger partial charge on any atom is -0.354 e. The monoisotopic (exact) mass is 389 g/mol. The zero-order valence-electron chi connectivity index (χ0n) is 16.8. The Hall–Kier alpha value is -2.22. The zero-order valence-corrected chi connectivity index (χ0v) is 16.8. The summed E-state index contributed by atoms with van der Waals surface area (Å²) in [6, 6.07) is -0.0868. The molecule has 8 nitrogen and oxygen atoms in total. The van der Waals surface area contributed by atoms with Crippen molar-refractivity contribution in [3.05, 3.63) is 27.2 Å². The van der Waals surface area contributed by atoms with Gasteiger partial charge in [-0.15, -0.1) is 0 Å². The van der Waals surface area contributed by atoms with Crippen molar-refractivity contribution in [1.82, 2.24) is 25.7 Å². The molecule has 2 amide bonds. The maximum Gasteiger partial charge on any atom is 0.277 e. The van der Waals surface area contributed by atoms with E-state index in [4.69, 9.17) is 0 Å². The van der Waals surface area contributed by atoms with Gasteiger partial charge in [-0.05, 0) is 56.6 Å². The molecule has 3 rings (SSSR count). The first-order valence-electron chi connectivity index (χ1n) is 10.5. The number of aromatic amines is 1. The number of aryl methyl sites for hydroxylation is 1. The van der Waals surface area contributed by atoms with Gasteiger partial charge in [-0.3, -0.25) is 14.4 Å². The first kappa shape index (κ1) is 20.5. The highest BCUT2D eigenvalue weighted by atomic mass is 16.2. The number of nitrogens with one attached hydrogen (secondary N) is 3. The second-order valence-corrected chi connectivity index (χ2v) is 7.71. The molecule has 3 heterocycles. The van der Waals surface area contributed by atoms with E-state index in [-0.39, 0.29) is 29.3 Å². The van der Waals surface area contributed by atoms with Crippen molar-refractivity contribution in [2.45, 2.75) is 58.4 Å². The Balaban J connectivity index is 1.66. The number of rotatable bonds is 6. The minimum absolute atomic E-state index is 0.0485. The van der Waals surface area contributed by atoms with Crippen LogP contribution in [0.5, 0.6) is 0 Å². The Morgan fingerprint density at radius 1 is 1.21 bits per heavy atom. The summed E-state index contributed by atoms with van der Waals surface area (Å²) in [5.74, 6) is 0.0377. The van der Waals surface area contributed by atoms with Crippen molar-refractivity contribution < 1.29 is 9.59 Å². The Morgan fingerprint density at radius 2 is 2.04 bits per heavy atom. The van der Waals surface area contributed by atoms with Crippen LogP contribution in [-0.2, 0) is 17.6 Å². The summed E-state index contributed by atoms with van der Waals surface area (Å²) in [6.07, 6.45) is 5.02. The summed E-state index contributed by atoms with van der Waals surface area (Å²) in [5, 5.41) is 12.8. The number of hydrogen-bond acceptors (Lipinski definition) is 5. The van der Waals surface area contributed by atoms with Crippen molar-refractivity contribution in [1.29, 1.82) is 0 Å². The molecule has 2 unspecified atom stereocenters. The van der Waals surface area contributed by atoms with Gasteiger partial charge in [0, 0.05) is 19.6 Å². The molecule has 2 aliphatic heterocycles. The second kappa shape index (κ2) is 9.32. The molecule has 1 aromatic rings. The molecule has 2 saturated heterocycles. The average molecular weight is 390 g/mol. The number of aromatic nitrogens is 2. The smallest absolute Gasteiger partial charge is 0.277 e. The number of nitrogens with zero attached hydrogens (tertiary/aromatic N) is 2. The summed E-state index contributed by atoms with van der Waals surface area (Å²) in [7, 11) is 0. The molecular formula is C20H31N5O3. The van der Waals surface area contributed by atoms with Crippen molar-refractivity contribution >= 4 is 11.8 Å². The first-order valence-corrected chi connectivity index (χ1v) is 10.5. The van der Waals surface area contributed by atoms with Crippen molar-refractivity contribution in [2.24, 2.45) is 5.92 Å². The van der Waals surface area contributed by atoms with E-state index in [0.29, 0.717) is 32.5 Å². The van der Waals surface area contributed by atoms with Crippen molar-refractivity contribution in [3.8, 4) is 0 Å². The fourth-order valence-electron chi connectivity index (χ4n) is 4.27. The number of hydrogen-bond donors (Lipinski definition) is 3. The van der Waals surface area contributed by atoms with Crippen LogP contribution in [0.3, 0.4) is 0 Å². The maximum atomic E-state index is 13.1. The lowest BCUT2D eigenvalue weighted by atomic mass is 9.96. The van der Waals surface area contributed by atoms with E-state index in [1.54, 1.807) is 4.90 Å². The van der Waals surface area contributed by atoms with Crippen LogP contribution in [0.15, 0.2) is 4.79 Å². The molecule has 28 heavy (non-hydrogen) atoms. The van der Waals surface area contributed by atoms with E-state index in [1.807, 2.05) is 13.8 Å². The van der Waals surface area contributed by atoms with Crippen LogP contribution in [0.2, 0.25) is 0 Å². The van der Waals surface area contributed by atoms with Gasteiger partial charge in [0.1, 0.15) is 5.56 Å². The lowest BCUT2D eigenvalue weighted by Gasteiger charge is -2.33. The lowest BCUT2D eigenvalue weighted by molar-refractivity contribution is -0.123. The highest BCUT2D eigenvalue weighted by Crippen LogP contribution is 2.20. The van der Waals surface area contributed by atoms with Gasteiger partial charge in [0.2, 0.25) is 5.91 Å². The normalized spacial score (nSPS) is 22.3. The Labute approximate surface area is 165 Å². The predicted molar refractivity (Wildman–Crippen MR) is 106 cm³/mol. The zero-order chi connectivity index (χ0) is 20.1. The molecule has 0 aliphatic carbocycles. The number of piperidine rings is 1. The fourth-order valence-corrected chi connectivity index (χ4v) is 4.27. The lowest BCUT2D eigenvalue weighted by Crippen LogP contribution is -2.47. The number of carbonyl (C=O) groups excluding carboxylic acids is 2. The van der Waals surface area contributed by atoms with E-state index in [2.05, 4.69) is 20.8 Å². The van der Waals surface area contributed by atoms with Crippen LogP contribution in [0.25, 0.3) is 0 Å². The van der Waals surface area contributed by atoms with Gasteiger partial charge in [0.25, 0.3) is 11.5 Å². The summed E-state index contributed by atoms with van der Waals surface area (Å²) in [4.78, 5) is 39.5. The third-order valence-electron chi connectivity index (χ3n) is 5.82. The molecule has 154 valence electrons. The summed E-state index contributed by atoms with van der Waals surface area (Å²) in [6.45, 7) is 6.56. The van der Waals surface area contributed by atoms with Crippen LogP contribution in [0.4, 0.5) is 0 Å². The molecule has 2 aliphatic rings. The van der Waals surface area contributed by atoms with Gasteiger partial charge in [-0.25, -0.2) is 5.10 Å². The SMILES string of the molecule is CCc1n[nH]c(=O)c(C(=O)N2CCCC(CNC(=O)C3CCCN3)C2)c1CC. The Kier molecular flexibility index (Phi) is 6.83. The van der Waals surface area contributed by atoms with Gasteiger partial charge in [-0.1, -0.05) is 13.8 Å². The Bertz CT molecular complexity index is 770. The molecule has 3 N–H and O–H groups in total. The Morgan fingerprint density at radius 3 is 2.71 bits per heavy atom. The molecule has 8 heteroatoms. The van der Waals surface area contributed by atoms with Crippen LogP contribution in [0, 0.1) is 5.92 Å².